The molecule has 0 spiro atoms. The average molecular weight is 298 g/mol. The Morgan fingerprint density at radius 1 is 1.09 bits per heavy atom. The summed E-state index contributed by atoms with van der Waals surface area (Å²) >= 11 is 0. The van der Waals surface area contributed by atoms with Gasteiger partial charge in [0.05, 0.1) is 12.4 Å². The average Bonchev–Trinajstić information content (AvgIpc) is 2.57. The van der Waals surface area contributed by atoms with E-state index in [0.717, 1.165) is 38.5 Å². The summed E-state index contributed by atoms with van der Waals surface area (Å²) in [6.45, 7) is 4.62. The van der Waals surface area contributed by atoms with Gasteiger partial charge in [0.2, 0.25) is 0 Å². The van der Waals surface area contributed by atoms with Crippen molar-refractivity contribution in [2.24, 2.45) is 5.73 Å². The van der Waals surface area contributed by atoms with Crippen LogP contribution in [0.4, 0.5) is 5.82 Å². The zero-order valence-electron chi connectivity index (χ0n) is 12.2. The number of aromatic nitrogens is 3. The third kappa shape index (κ3) is 3.37. The maximum atomic E-state index is 11.0. The molecular weight excluding hydrogens is 280 g/mol. The van der Waals surface area contributed by atoms with Crippen LogP contribution in [0.15, 0.2) is 36.9 Å². The Balaban J connectivity index is 1.56. The van der Waals surface area contributed by atoms with Gasteiger partial charge in [-0.25, -0.2) is 9.97 Å². The van der Waals surface area contributed by atoms with Crippen molar-refractivity contribution in [1.29, 1.82) is 0 Å². The second kappa shape index (κ2) is 6.48. The number of nitrogens with zero attached hydrogens (tertiary/aromatic N) is 5. The van der Waals surface area contributed by atoms with Gasteiger partial charge in [-0.2, -0.15) is 0 Å². The molecule has 0 unspecified atom stereocenters. The fourth-order valence-corrected chi connectivity index (χ4v) is 2.49. The molecule has 1 fully saturated rings. The molecule has 2 aromatic rings. The fraction of sp³-hybridized carbons (Fsp3) is 0.333. The SMILES string of the molecule is NC(=O)c1cnc(N2CCN(Cc3ccncc3)CC2)cn1. The number of piperazine rings is 1. The van der Waals surface area contributed by atoms with Gasteiger partial charge in [0.1, 0.15) is 11.5 Å². The highest BCUT2D eigenvalue weighted by Crippen LogP contribution is 2.14. The molecule has 0 aromatic carbocycles. The molecule has 0 atom stereocenters. The number of carbonyl (C=O) groups is 1. The highest BCUT2D eigenvalue weighted by atomic mass is 16.1. The molecule has 22 heavy (non-hydrogen) atoms. The summed E-state index contributed by atoms with van der Waals surface area (Å²) in [5, 5.41) is 0. The predicted molar refractivity (Wildman–Crippen MR) is 82.3 cm³/mol. The molecule has 1 aliphatic rings. The lowest BCUT2D eigenvalue weighted by Gasteiger charge is -2.35. The Morgan fingerprint density at radius 2 is 1.82 bits per heavy atom. The second-order valence-corrected chi connectivity index (χ2v) is 5.24. The molecule has 3 heterocycles. The number of pyridine rings is 1. The normalized spacial score (nSPS) is 15.7. The van der Waals surface area contributed by atoms with E-state index >= 15 is 0 Å². The van der Waals surface area contributed by atoms with Crippen molar-refractivity contribution in [1.82, 2.24) is 19.9 Å². The summed E-state index contributed by atoms with van der Waals surface area (Å²) in [4.78, 5) is 27.9. The van der Waals surface area contributed by atoms with Gasteiger partial charge in [0.25, 0.3) is 5.91 Å². The van der Waals surface area contributed by atoms with E-state index in [1.165, 1.54) is 11.8 Å². The fourth-order valence-electron chi connectivity index (χ4n) is 2.49. The molecule has 0 aliphatic carbocycles. The molecule has 7 heteroatoms. The summed E-state index contributed by atoms with van der Waals surface area (Å²) in [5.41, 5.74) is 6.63. The maximum Gasteiger partial charge on any atom is 0.268 e. The number of rotatable bonds is 4. The van der Waals surface area contributed by atoms with Gasteiger partial charge in [0, 0.05) is 45.1 Å². The van der Waals surface area contributed by atoms with Crippen molar-refractivity contribution in [2.75, 3.05) is 31.1 Å². The highest BCUT2D eigenvalue weighted by molar-refractivity contribution is 5.90. The van der Waals surface area contributed by atoms with Crippen LogP contribution in [0.3, 0.4) is 0 Å². The Bertz CT molecular complexity index is 622. The van der Waals surface area contributed by atoms with Crippen LogP contribution in [-0.2, 0) is 6.54 Å². The Hall–Kier alpha value is -2.54. The van der Waals surface area contributed by atoms with Gasteiger partial charge < -0.3 is 10.6 Å². The van der Waals surface area contributed by atoms with Crippen molar-refractivity contribution < 1.29 is 4.79 Å². The van der Waals surface area contributed by atoms with Crippen LogP contribution < -0.4 is 10.6 Å². The van der Waals surface area contributed by atoms with Crippen molar-refractivity contribution in [3.63, 3.8) is 0 Å². The molecule has 0 radical (unpaired) electrons. The number of hydrogen-bond donors (Lipinski definition) is 1. The van der Waals surface area contributed by atoms with Crippen molar-refractivity contribution in [3.8, 4) is 0 Å². The smallest absolute Gasteiger partial charge is 0.268 e. The van der Waals surface area contributed by atoms with Gasteiger partial charge in [0.15, 0.2) is 0 Å². The summed E-state index contributed by atoms with van der Waals surface area (Å²) in [6.07, 6.45) is 6.68. The van der Waals surface area contributed by atoms with Gasteiger partial charge in [-0.1, -0.05) is 0 Å². The van der Waals surface area contributed by atoms with E-state index in [-0.39, 0.29) is 5.69 Å². The first-order valence-corrected chi connectivity index (χ1v) is 7.20. The van der Waals surface area contributed by atoms with E-state index in [4.69, 9.17) is 5.73 Å². The van der Waals surface area contributed by atoms with Crippen LogP contribution in [-0.4, -0.2) is 51.9 Å². The van der Waals surface area contributed by atoms with Gasteiger partial charge in [-0.3, -0.25) is 14.7 Å². The molecule has 3 rings (SSSR count). The molecule has 0 saturated carbocycles. The van der Waals surface area contributed by atoms with Crippen molar-refractivity contribution >= 4 is 11.7 Å². The van der Waals surface area contributed by atoms with Gasteiger partial charge in [-0.15, -0.1) is 0 Å². The second-order valence-electron chi connectivity index (χ2n) is 5.24. The zero-order valence-corrected chi connectivity index (χ0v) is 12.2. The minimum Gasteiger partial charge on any atom is -0.364 e. The molecule has 114 valence electrons. The standard InChI is InChI=1S/C15H18N6O/c16-15(22)13-9-19-14(10-18-13)21-7-5-20(6-8-21)11-12-1-3-17-4-2-12/h1-4,9-10H,5-8,11H2,(H2,16,22). The quantitative estimate of drug-likeness (QED) is 0.873. The number of anilines is 1. The minimum atomic E-state index is -0.554. The first-order chi connectivity index (χ1) is 10.7. The molecule has 0 bridgehead atoms. The predicted octanol–water partition coefficient (Wildman–Crippen LogP) is 0.293. The van der Waals surface area contributed by atoms with Crippen LogP contribution in [0.1, 0.15) is 16.1 Å². The number of hydrogen-bond acceptors (Lipinski definition) is 6. The molecule has 1 saturated heterocycles. The molecule has 7 nitrogen and oxygen atoms in total. The molecular formula is C15H18N6O. The topological polar surface area (TPSA) is 88.2 Å². The lowest BCUT2D eigenvalue weighted by atomic mass is 10.2. The third-order valence-corrected chi connectivity index (χ3v) is 3.74. The van der Waals surface area contributed by atoms with E-state index in [1.807, 2.05) is 24.5 Å². The van der Waals surface area contributed by atoms with Crippen LogP contribution in [0.2, 0.25) is 0 Å². The summed E-state index contributed by atoms with van der Waals surface area (Å²) in [6, 6.07) is 4.08. The molecule has 2 N–H and O–H groups in total. The lowest BCUT2D eigenvalue weighted by molar-refractivity contribution is 0.0995. The van der Waals surface area contributed by atoms with Crippen molar-refractivity contribution in [3.05, 3.63) is 48.2 Å². The Kier molecular flexibility index (Phi) is 4.24. The molecule has 2 aromatic heterocycles. The monoisotopic (exact) mass is 298 g/mol. The third-order valence-electron chi connectivity index (χ3n) is 3.74. The van der Waals surface area contributed by atoms with E-state index in [2.05, 4.69) is 24.8 Å². The highest BCUT2D eigenvalue weighted by Gasteiger charge is 2.18. The van der Waals surface area contributed by atoms with E-state index in [0.29, 0.717) is 0 Å². The van der Waals surface area contributed by atoms with Crippen LogP contribution in [0.5, 0.6) is 0 Å². The molecule has 1 aliphatic heterocycles. The van der Waals surface area contributed by atoms with Gasteiger partial charge in [-0.05, 0) is 17.7 Å². The Morgan fingerprint density at radius 3 is 2.41 bits per heavy atom. The largest absolute Gasteiger partial charge is 0.364 e. The van der Waals surface area contributed by atoms with Crippen LogP contribution in [0, 0.1) is 0 Å². The summed E-state index contributed by atoms with van der Waals surface area (Å²) in [5.74, 6) is 0.231. The van der Waals surface area contributed by atoms with E-state index in [9.17, 15) is 4.79 Å². The van der Waals surface area contributed by atoms with E-state index in [1.54, 1.807) is 6.20 Å². The lowest BCUT2D eigenvalue weighted by Crippen LogP contribution is -2.46. The summed E-state index contributed by atoms with van der Waals surface area (Å²) < 4.78 is 0. The first kappa shape index (κ1) is 14.4. The van der Waals surface area contributed by atoms with Crippen LogP contribution in [0.25, 0.3) is 0 Å². The van der Waals surface area contributed by atoms with E-state index < -0.39 is 5.91 Å². The number of primary amides is 1. The number of carbonyl (C=O) groups excluding carboxylic acids is 1. The first-order valence-electron chi connectivity index (χ1n) is 7.20. The zero-order chi connectivity index (χ0) is 15.4. The maximum absolute atomic E-state index is 11.0. The minimum absolute atomic E-state index is 0.195. The summed E-state index contributed by atoms with van der Waals surface area (Å²) in [7, 11) is 0. The Labute approximate surface area is 128 Å². The molecule has 1 amide bonds. The van der Waals surface area contributed by atoms with Crippen molar-refractivity contribution in [2.45, 2.75) is 6.54 Å². The van der Waals surface area contributed by atoms with Crippen LogP contribution >= 0.6 is 0 Å². The number of amides is 1. The number of nitrogens with two attached hydrogens (primary N) is 1. The van der Waals surface area contributed by atoms with Gasteiger partial charge >= 0.3 is 0 Å².